The molecule has 1 N–H and O–H groups in total. The van der Waals surface area contributed by atoms with Crippen molar-refractivity contribution < 1.29 is 24.2 Å². The number of carbonyl (C=O) groups excluding carboxylic acids is 2. The van der Waals surface area contributed by atoms with Crippen LogP contribution in [0.4, 0.5) is 4.79 Å². The van der Waals surface area contributed by atoms with E-state index in [1.807, 2.05) is 30.3 Å². The zero-order valence-corrected chi connectivity index (χ0v) is 13.4. The van der Waals surface area contributed by atoms with Crippen LogP contribution in [0.15, 0.2) is 30.3 Å². The molecule has 1 aromatic carbocycles. The molecule has 122 valence electrons. The van der Waals surface area contributed by atoms with Gasteiger partial charge in [0.1, 0.15) is 5.60 Å². The summed E-state index contributed by atoms with van der Waals surface area (Å²) in [5.74, 6) is -0.690. The summed E-state index contributed by atoms with van der Waals surface area (Å²) in [6.07, 6.45) is -0.680. The van der Waals surface area contributed by atoms with Gasteiger partial charge in [-0.1, -0.05) is 30.3 Å². The minimum atomic E-state index is -1.11. The van der Waals surface area contributed by atoms with Gasteiger partial charge in [-0.25, -0.2) is 9.59 Å². The molecule has 0 aromatic heterocycles. The van der Waals surface area contributed by atoms with E-state index in [-0.39, 0.29) is 6.54 Å². The molecule has 6 nitrogen and oxygen atoms in total. The lowest BCUT2D eigenvalue weighted by Crippen LogP contribution is -2.49. The number of benzene rings is 1. The van der Waals surface area contributed by atoms with E-state index in [0.717, 1.165) is 5.56 Å². The first kappa shape index (κ1) is 18.0. The van der Waals surface area contributed by atoms with Crippen molar-refractivity contribution in [1.82, 2.24) is 4.90 Å². The van der Waals surface area contributed by atoms with Crippen LogP contribution in [-0.2, 0) is 20.8 Å². The predicted molar refractivity (Wildman–Crippen MR) is 81.1 cm³/mol. The van der Waals surface area contributed by atoms with Gasteiger partial charge < -0.3 is 14.6 Å². The molecule has 1 aromatic rings. The maximum absolute atomic E-state index is 12.4. The monoisotopic (exact) mass is 309 g/mol. The van der Waals surface area contributed by atoms with Gasteiger partial charge in [-0.2, -0.15) is 0 Å². The normalized spacial score (nSPS) is 12.4. The Labute approximate surface area is 130 Å². The second-order valence-electron chi connectivity index (χ2n) is 5.82. The Morgan fingerprint density at radius 3 is 2.27 bits per heavy atom. The molecule has 6 heteroatoms. The van der Waals surface area contributed by atoms with Gasteiger partial charge in [-0.05, 0) is 26.3 Å². The summed E-state index contributed by atoms with van der Waals surface area (Å²) in [4.78, 5) is 25.4. The van der Waals surface area contributed by atoms with Crippen LogP contribution in [0, 0.1) is 0 Å². The lowest BCUT2D eigenvalue weighted by Gasteiger charge is -2.31. The van der Waals surface area contributed by atoms with Crippen molar-refractivity contribution in [1.29, 1.82) is 0 Å². The van der Waals surface area contributed by atoms with Crippen LogP contribution in [0.25, 0.3) is 0 Å². The number of carbonyl (C=O) groups is 2. The van der Waals surface area contributed by atoms with Gasteiger partial charge in [0.05, 0.1) is 20.3 Å². The van der Waals surface area contributed by atoms with Gasteiger partial charge in [0, 0.05) is 0 Å². The van der Waals surface area contributed by atoms with E-state index in [0.29, 0.717) is 0 Å². The number of nitrogens with zero attached hydrogens (tertiary/aromatic N) is 1. The molecule has 1 unspecified atom stereocenters. The second-order valence-corrected chi connectivity index (χ2v) is 5.82. The highest BCUT2D eigenvalue weighted by Crippen LogP contribution is 2.16. The van der Waals surface area contributed by atoms with Crippen LogP contribution in [0.5, 0.6) is 0 Å². The minimum absolute atomic E-state index is 0.135. The highest BCUT2D eigenvalue weighted by atomic mass is 16.6. The van der Waals surface area contributed by atoms with E-state index >= 15 is 0 Å². The first-order valence-electron chi connectivity index (χ1n) is 7.00. The second kappa shape index (κ2) is 7.79. The predicted octanol–water partition coefficient (Wildman–Crippen LogP) is 1.96. The standard InChI is InChI=1S/C16H23NO5/c1-16(2,3)22-15(20)17(13(11-18)14(19)21-4)10-12-8-6-5-7-9-12/h5-9,13,18H,10-11H2,1-4H3. The third-order valence-corrected chi connectivity index (χ3v) is 2.85. The largest absolute Gasteiger partial charge is 0.467 e. The quantitative estimate of drug-likeness (QED) is 0.841. The molecule has 0 fully saturated rings. The molecule has 0 aliphatic carbocycles. The van der Waals surface area contributed by atoms with Crippen molar-refractivity contribution >= 4 is 12.1 Å². The van der Waals surface area contributed by atoms with Gasteiger partial charge in [-0.3, -0.25) is 4.90 Å². The summed E-state index contributed by atoms with van der Waals surface area (Å²) in [5.41, 5.74) is 0.109. The van der Waals surface area contributed by atoms with Crippen LogP contribution < -0.4 is 0 Å². The third-order valence-electron chi connectivity index (χ3n) is 2.85. The number of methoxy groups -OCH3 is 1. The van der Waals surface area contributed by atoms with E-state index < -0.39 is 30.3 Å². The topological polar surface area (TPSA) is 76.1 Å². The maximum atomic E-state index is 12.4. The minimum Gasteiger partial charge on any atom is -0.467 e. The Morgan fingerprint density at radius 2 is 1.82 bits per heavy atom. The number of ether oxygens (including phenoxy) is 2. The molecule has 1 amide bonds. The average Bonchev–Trinajstić information content (AvgIpc) is 2.46. The van der Waals surface area contributed by atoms with E-state index in [1.54, 1.807) is 20.8 Å². The Balaban J connectivity index is 3.03. The number of amides is 1. The number of rotatable bonds is 5. The highest BCUT2D eigenvalue weighted by molar-refractivity contribution is 5.81. The smallest absolute Gasteiger partial charge is 0.411 e. The first-order valence-corrected chi connectivity index (χ1v) is 7.00. The summed E-state index contributed by atoms with van der Waals surface area (Å²) < 4.78 is 9.97. The van der Waals surface area contributed by atoms with Gasteiger partial charge >= 0.3 is 12.1 Å². The molecule has 0 bridgehead atoms. The van der Waals surface area contributed by atoms with Gasteiger partial charge in [-0.15, -0.1) is 0 Å². The number of aliphatic hydroxyl groups excluding tert-OH is 1. The zero-order chi connectivity index (χ0) is 16.8. The molecule has 1 rings (SSSR count). The third kappa shape index (κ3) is 5.37. The number of hydrogen-bond acceptors (Lipinski definition) is 5. The number of aliphatic hydroxyl groups is 1. The maximum Gasteiger partial charge on any atom is 0.411 e. The average molecular weight is 309 g/mol. The SMILES string of the molecule is COC(=O)C(CO)N(Cc1ccccc1)C(=O)OC(C)(C)C. The van der Waals surface area contributed by atoms with Crippen LogP contribution >= 0.6 is 0 Å². The molecule has 0 aliphatic heterocycles. The van der Waals surface area contributed by atoms with Crippen molar-refractivity contribution in [3.63, 3.8) is 0 Å². The molecular weight excluding hydrogens is 286 g/mol. The van der Waals surface area contributed by atoms with Crippen molar-refractivity contribution in [2.45, 2.75) is 39.0 Å². The van der Waals surface area contributed by atoms with E-state index in [9.17, 15) is 14.7 Å². The van der Waals surface area contributed by atoms with E-state index in [4.69, 9.17) is 4.74 Å². The van der Waals surface area contributed by atoms with Gasteiger partial charge in [0.2, 0.25) is 0 Å². The molecule has 0 saturated carbocycles. The summed E-state index contributed by atoms with van der Waals surface area (Å²) in [7, 11) is 1.21. The van der Waals surface area contributed by atoms with Crippen LogP contribution in [0.2, 0.25) is 0 Å². The van der Waals surface area contributed by atoms with Gasteiger partial charge in [0.25, 0.3) is 0 Å². The molecule has 0 saturated heterocycles. The summed E-state index contributed by atoms with van der Waals surface area (Å²) >= 11 is 0. The van der Waals surface area contributed by atoms with Crippen LogP contribution in [0.3, 0.4) is 0 Å². The summed E-state index contributed by atoms with van der Waals surface area (Å²) in [6.45, 7) is 4.79. The molecule has 0 radical (unpaired) electrons. The van der Waals surface area contributed by atoms with E-state index in [2.05, 4.69) is 4.74 Å². The van der Waals surface area contributed by atoms with Crippen molar-refractivity contribution in [2.75, 3.05) is 13.7 Å². The van der Waals surface area contributed by atoms with Crippen molar-refractivity contribution in [3.8, 4) is 0 Å². The Hall–Kier alpha value is -2.08. The fourth-order valence-corrected chi connectivity index (χ4v) is 1.84. The highest BCUT2D eigenvalue weighted by Gasteiger charge is 2.33. The van der Waals surface area contributed by atoms with E-state index in [1.165, 1.54) is 12.0 Å². The Morgan fingerprint density at radius 1 is 1.23 bits per heavy atom. The van der Waals surface area contributed by atoms with Gasteiger partial charge in [0.15, 0.2) is 6.04 Å². The van der Waals surface area contributed by atoms with Crippen LogP contribution in [-0.4, -0.2) is 47.4 Å². The Kier molecular flexibility index (Phi) is 6.37. The Bertz CT molecular complexity index is 495. The van der Waals surface area contributed by atoms with Crippen LogP contribution in [0.1, 0.15) is 26.3 Å². The molecule has 0 spiro atoms. The summed E-state index contributed by atoms with van der Waals surface area (Å²) in [5, 5.41) is 9.47. The number of esters is 1. The zero-order valence-electron chi connectivity index (χ0n) is 13.4. The van der Waals surface area contributed by atoms with Crippen molar-refractivity contribution in [3.05, 3.63) is 35.9 Å². The summed E-state index contributed by atoms with van der Waals surface area (Å²) in [6, 6.07) is 8.04. The molecule has 22 heavy (non-hydrogen) atoms. The molecule has 0 aliphatic rings. The number of hydrogen-bond donors (Lipinski definition) is 1. The fourth-order valence-electron chi connectivity index (χ4n) is 1.84. The fraction of sp³-hybridized carbons (Fsp3) is 0.500. The lowest BCUT2D eigenvalue weighted by atomic mass is 10.1. The molecular formula is C16H23NO5. The first-order chi connectivity index (χ1) is 10.3. The molecule has 1 atom stereocenters. The molecule has 0 heterocycles. The van der Waals surface area contributed by atoms with Crippen molar-refractivity contribution in [2.24, 2.45) is 0 Å². The lowest BCUT2D eigenvalue weighted by molar-refractivity contribution is -0.148.